The van der Waals surface area contributed by atoms with E-state index in [-0.39, 0.29) is 9.79 Å². The van der Waals surface area contributed by atoms with Gasteiger partial charge in [0.2, 0.25) is 10.0 Å². The standard InChI is InChI=1S/C32H28Br2N2O5S2/c1-21-3-15-27(16-4-21)42(38,39)35-31(23-7-11-25(33)12-8-23)30-29(37)19-20-36(32(30)24-9-13-26(34)14-10-24)43(40,41)28-17-5-22(2)6-18-28/h3-20,30-32,35H,1-2H3/t30-,31?,32-/m0/s1. The lowest BCUT2D eigenvalue weighted by atomic mass is 9.80. The second-order valence-corrected chi connectivity index (χ2v) is 15.7. The van der Waals surface area contributed by atoms with E-state index in [2.05, 4.69) is 36.6 Å². The Morgan fingerprint density at radius 1 is 0.698 bits per heavy atom. The van der Waals surface area contributed by atoms with Crippen LogP contribution in [0.5, 0.6) is 0 Å². The van der Waals surface area contributed by atoms with E-state index < -0.39 is 43.8 Å². The van der Waals surface area contributed by atoms with Gasteiger partial charge in [-0.15, -0.1) is 0 Å². The van der Waals surface area contributed by atoms with E-state index in [9.17, 15) is 21.6 Å². The van der Waals surface area contributed by atoms with Crippen LogP contribution >= 0.6 is 31.9 Å². The van der Waals surface area contributed by atoms with Crippen LogP contribution in [0.25, 0.3) is 0 Å². The summed E-state index contributed by atoms with van der Waals surface area (Å²) in [7, 11) is -8.31. The number of carbonyl (C=O) groups is 1. The third-order valence-corrected chi connectivity index (χ3v) is 11.6. The Morgan fingerprint density at radius 2 is 1.19 bits per heavy atom. The quantitative estimate of drug-likeness (QED) is 0.210. The number of hydrogen-bond donors (Lipinski definition) is 1. The average molecular weight is 745 g/mol. The Balaban J connectivity index is 1.70. The molecule has 11 heteroatoms. The molecule has 0 radical (unpaired) electrons. The van der Waals surface area contributed by atoms with E-state index in [4.69, 9.17) is 0 Å². The zero-order valence-electron chi connectivity index (χ0n) is 23.2. The molecule has 222 valence electrons. The van der Waals surface area contributed by atoms with Gasteiger partial charge in [-0.25, -0.2) is 21.6 Å². The molecule has 5 rings (SSSR count). The number of ketones is 1. The molecular weight excluding hydrogens is 716 g/mol. The first kappa shape index (κ1) is 31.3. The van der Waals surface area contributed by atoms with Crippen LogP contribution in [0.3, 0.4) is 0 Å². The number of carbonyl (C=O) groups excluding carboxylic acids is 1. The van der Waals surface area contributed by atoms with Crippen LogP contribution in [0.2, 0.25) is 0 Å². The molecule has 0 spiro atoms. The lowest BCUT2D eigenvalue weighted by Gasteiger charge is -2.41. The van der Waals surface area contributed by atoms with Crippen LogP contribution in [0.4, 0.5) is 0 Å². The van der Waals surface area contributed by atoms with Gasteiger partial charge < -0.3 is 0 Å². The fourth-order valence-electron chi connectivity index (χ4n) is 5.06. The molecule has 1 unspecified atom stereocenters. The summed E-state index contributed by atoms with van der Waals surface area (Å²) in [5.74, 6) is -1.57. The van der Waals surface area contributed by atoms with Gasteiger partial charge in [0.1, 0.15) is 0 Å². The lowest BCUT2D eigenvalue weighted by molar-refractivity contribution is -0.121. The summed E-state index contributed by atoms with van der Waals surface area (Å²) in [6, 6.07) is 24.6. The summed E-state index contributed by atoms with van der Waals surface area (Å²) in [4.78, 5) is 14.0. The number of hydrogen-bond acceptors (Lipinski definition) is 5. The van der Waals surface area contributed by atoms with Crippen molar-refractivity contribution in [3.63, 3.8) is 0 Å². The molecule has 0 saturated heterocycles. The maximum Gasteiger partial charge on any atom is 0.264 e. The van der Waals surface area contributed by atoms with Gasteiger partial charge in [-0.05, 0) is 79.6 Å². The Kier molecular flexibility index (Phi) is 9.10. The number of halogens is 2. The number of nitrogens with zero attached hydrogens (tertiary/aromatic N) is 1. The maximum absolute atomic E-state index is 14.2. The second kappa shape index (κ2) is 12.5. The molecule has 1 N–H and O–H groups in total. The molecule has 0 aromatic heterocycles. The first-order chi connectivity index (χ1) is 20.4. The van der Waals surface area contributed by atoms with Crippen LogP contribution in [0.1, 0.15) is 34.3 Å². The fraction of sp³-hybridized carbons (Fsp3) is 0.156. The van der Waals surface area contributed by atoms with Gasteiger partial charge in [0.15, 0.2) is 5.78 Å². The van der Waals surface area contributed by atoms with Crippen molar-refractivity contribution in [2.24, 2.45) is 5.92 Å². The van der Waals surface area contributed by atoms with Crippen molar-refractivity contribution < 1.29 is 21.6 Å². The van der Waals surface area contributed by atoms with Crippen LogP contribution in [0.15, 0.2) is 128 Å². The number of nitrogens with one attached hydrogen (secondary N) is 1. The SMILES string of the molecule is Cc1ccc(S(=O)(=O)NC(c2ccc(Br)cc2)[C@@H]2C(=O)C=CN(S(=O)(=O)c3ccc(C)cc3)[C@H]2c2ccc(Br)cc2)cc1. The van der Waals surface area contributed by atoms with Gasteiger partial charge in [0.05, 0.1) is 27.8 Å². The van der Waals surface area contributed by atoms with Crippen molar-refractivity contribution in [1.29, 1.82) is 0 Å². The van der Waals surface area contributed by atoms with Crippen molar-refractivity contribution in [1.82, 2.24) is 9.03 Å². The smallest absolute Gasteiger partial charge is 0.264 e. The molecule has 1 heterocycles. The van der Waals surface area contributed by atoms with Gasteiger partial charge in [0, 0.05) is 15.1 Å². The number of benzene rings is 4. The molecule has 0 bridgehead atoms. The molecule has 7 nitrogen and oxygen atoms in total. The van der Waals surface area contributed by atoms with Crippen molar-refractivity contribution in [2.75, 3.05) is 0 Å². The van der Waals surface area contributed by atoms with Gasteiger partial charge in [-0.3, -0.25) is 9.10 Å². The summed E-state index contributed by atoms with van der Waals surface area (Å²) in [6.45, 7) is 3.72. The first-order valence-electron chi connectivity index (χ1n) is 13.3. The highest BCUT2D eigenvalue weighted by Crippen LogP contribution is 2.44. The van der Waals surface area contributed by atoms with Crippen LogP contribution in [-0.2, 0) is 24.8 Å². The summed E-state index contributed by atoms with van der Waals surface area (Å²) in [5, 5.41) is 0. The molecule has 4 aromatic rings. The van der Waals surface area contributed by atoms with Crippen LogP contribution < -0.4 is 4.72 Å². The molecule has 0 aliphatic carbocycles. The predicted octanol–water partition coefficient (Wildman–Crippen LogP) is 6.99. The highest BCUT2D eigenvalue weighted by Gasteiger charge is 2.46. The summed E-state index contributed by atoms with van der Waals surface area (Å²) < 4.78 is 61.3. The molecule has 43 heavy (non-hydrogen) atoms. The molecule has 0 amide bonds. The average Bonchev–Trinajstić information content (AvgIpc) is 2.97. The molecule has 1 aliphatic heterocycles. The van der Waals surface area contributed by atoms with Gasteiger partial charge >= 0.3 is 0 Å². The Bertz CT molecular complexity index is 1880. The third-order valence-electron chi connectivity index (χ3n) is 7.34. The zero-order chi connectivity index (χ0) is 30.9. The normalized spacial score (nSPS) is 18.0. The summed E-state index contributed by atoms with van der Waals surface area (Å²) >= 11 is 6.85. The van der Waals surface area contributed by atoms with Crippen molar-refractivity contribution in [2.45, 2.75) is 35.7 Å². The lowest BCUT2D eigenvalue weighted by Crippen LogP contribution is -2.47. The Morgan fingerprint density at radius 3 is 1.72 bits per heavy atom. The predicted molar refractivity (Wildman–Crippen MR) is 173 cm³/mol. The Hall–Kier alpha value is -3.09. The second-order valence-electron chi connectivity index (χ2n) is 10.4. The molecule has 1 aliphatic rings. The van der Waals surface area contributed by atoms with E-state index in [1.54, 1.807) is 72.8 Å². The topological polar surface area (TPSA) is 101 Å². The molecule has 0 fully saturated rings. The third kappa shape index (κ3) is 6.71. The van der Waals surface area contributed by atoms with Crippen molar-refractivity contribution in [3.05, 3.63) is 141 Å². The number of aryl methyl sites for hydroxylation is 2. The number of rotatable bonds is 8. The number of sulfonamides is 2. The van der Waals surface area contributed by atoms with Gasteiger partial charge in [0.25, 0.3) is 10.0 Å². The molecule has 0 saturated carbocycles. The van der Waals surface area contributed by atoms with E-state index in [0.29, 0.717) is 11.1 Å². The maximum atomic E-state index is 14.2. The minimum absolute atomic E-state index is 0.0309. The zero-order valence-corrected chi connectivity index (χ0v) is 28.0. The van der Waals surface area contributed by atoms with E-state index in [1.165, 1.54) is 40.8 Å². The van der Waals surface area contributed by atoms with Gasteiger partial charge in [-0.1, -0.05) is 91.5 Å². The monoisotopic (exact) mass is 742 g/mol. The first-order valence-corrected chi connectivity index (χ1v) is 17.8. The van der Waals surface area contributed by atoms with E-state index in [1.807, 2.05) is 13.8 Å². The Labute approximate surface area is 269 Å². The highest BCUT2D eigenvalue weighted by atomic mass is 79.9. The van der Waals surface area contributed by atoms with E-state index in [0.717, 1.165) is 20.1 Å². The summed E-state index contributed by atoms with van der Waals surface area (Å²) in [5.41, 5.74) is 2.82. The highest BCUT2D eigenvalue weighted by molar-refractivity contribution is 9.10. The van der Waals surface area contributed by atoms with Gasteiger partial charge in [-0.2, -0.15) is 0 Å². The van der Waals surface area contributed by atoms with Crippen molar-refractivity contribution in [3.8, 4) is 0 Å². The van der Waals surface area contributed by atoms with E-state index >= 15 is 0 Å². The molecule has 4 aromatic carbocycles. The minimum atomic E-state index is -4.17. The van der Waals surface area contributed by atoms with Crippen LogP contribution in [0, 0.1) is 19.8 Å². The van der Waals surface area contributed by atoms with Crippen molar-refractivity contribution >= 4 is 57.7 Å². The number of allylic oxidation sites excluding steroid dienone is 1. The summed E-state index contributed by atoms with van der Waals surface area (Å²) in [6.07, 6.45) is 2.48. The largest absolute Gasteiger partial charge is 0.294 e. The fourth-order valence-corrected chi connectivity index (χ4v) is 8.33. The molecular formula is C32H28Br2N2O5S2. The minimum Gasteiger partial charge on any atom is -0.294 e. The van der Waals surface area contributed by atoms with Crippen LogP contribution in [-0.4, -0.2) is 26.9 Å². The molecule has 3 atom stereocenters.